The van der Waals surface area contributed by atoms with E-state index >= 15 is 4.39 Å². The van der Waals surface area contributed by atoms with E-state index < -0.39 is 12.1 Å². The molecule has 8 heteroatoms. The SMILES string of the molecule is Fc1ccccc1[C@@H]1C2=C(Nc3ncnn31)c1cc(Cl)ccc1O[C@H]2c1ccccc1Cl. The smallest absolute Gasteiger partial charge is 0.226 e. The molecular formula is C24H15Cl2FN4O. The molecule has 2 aliphatic heterocycles. The van der Waals surface area contributed by atoms with E-state index in [0.29, 0.717) is 27.3 Å². The molecule has 0 saturated carbocycles. The zero-order chi connectivity index (χ0) is 21.8. The third-order valence-corrected chi connectivity index (χ3v) is 6.34. The summed E-state index contributed by atoms with van der Waals surface area (Å²) >= 11 is 12.9. The summed E-state index contributed by atoms with van der Waals surface area (Å²) in [6.45, 7) is 0. The van der Waals surface area contributed by atoms with Crippen LogP contribution in [0, 0.1) is 5.82 Å². The van der Waals surface area contributed by atoms with Gasteiger partial charge in [0, 0.05) is 32.3 Å². The molecule has 0 radical (unpaired) electrons. The number of nitrogens with one attached hydrogen (secondary N) is 1. The lowest BCUT2D eigenvalue weighted by atomic mass is 9.84. The zero-order valence-corrected chi connectivity index (χ0v) is 18.0. The van der Waals surface area contributed by atoms with E-state index in [1.165, 1.54) is 12.4 Å². The molecule has 0 spiro atoms. The van der Waals surface area contributed by atoms with Gasteiger partial charge in [-0.2, -0.15) is 10.1 Å². The molecular weight excluding hydrogens is 450 g/mol. The van der Waals surface area contributed by atoms with Crippen LogP contribution in [0.1, 0.15) is 28.8 Å². The van der Waals surface area contributed by atoms with Crippen LogP contribution >= 0.6 is 23.2 Å². The van der Waals surface area contributed by atoms with E-state index in [1.807, 2.05) is 36.4 Å². The normalized spacial score (nSPS) is 18.8. The molecule has 1 N–H and O–H groups in total. The van der Waals surface area contributed by atoms with Crippen LogP contribution in [0.15, 0.2) is 78.6 Å². The highest BCUT2D eigenvalue weighted by molar-refractivity contribution is 6.31. The second-order valence-electron chi connectivity index (χ2n) is 7.57. The summed E-state index contributed by atoms with van der Waals surface area (Å²) in [4.78, 5) is 4.35. The molecule has 2 aliphatic rings. The van der Waals surface area contributed by atoms with Crippen LogP contribution < -0.4 is 10.1 Å². The number of hydrogen-bond acceptors (Lipinski definition) is 4. The number of rotatable bonds is 2. The van der Waals surface area contributed by atoms with Gasteiger partial charge in [0.15, 0.2) is 6.10 Å². The van der Waals surface area contributed by atoms with E-state index in [1.54, 1.807) is 28.9 Å². The Kier molecular flexibility index (Phi) is 4.45. The number of anilines is 1. The van der Waals surface area contributed by atoms with Crippen LogP contribution in [0.4, 0.5) is 10.3 Å². The van der Waals surface area contributed by atoms with Crippen molar-refractivity contribution in [2.75, 3.05) is 5.32 Å². The highest BCUT2D eigenvalue weighted by Gasteiger charge is 2.42. The molecule has 0 unspecified atom stereocenters. The third kappa shape index (κ3) is 2.91. The number of hydrogen-bond donors (Lipinski definition) is 1. The topological polar surface area (TPSA) is 52.0 Å². The van der Waals surface area contributed by atoms with Gasteiger partial charge in [-0.15, -0.1) is 0 Å². The van der Waals surface area contributed by atoms with Crippen LogP contribution in [0.5, 0.6) is 5.75 Å². The average molecular weight is 465 g/mol. The Morgan fingerprint density at radius 3 is 2.56 bits per heavy atom. The lowest BCUT2D eigenvalue weighted by molar-refractivity contribution is 0.222. The maximum absolute atomic E-state index is 15.1. The molecule has 2 atom stereocenters. The van der Waals surface area contributed by atoms with Crippen molar-refractivity contribution in [3.05, 3.63) is 111 Å². The van der Waals surface area contributed by atoms with Crippen molar-refractivity contribution in [2.45, 2.75) is 12.1 Å². The predicted octanol–water partition coefficient (Wildman–Crippen LogP) is 6.28. The first-order chi connectivity index (χ1) is 15.6. The number of halogens is 3. The molecule has 0 amide bonds. The van der Waals surface area contributed by atoms with Crippen LogP contribution in [0.3, 0.4) is 0 Å². The van der Waals surface area contributed by atoms with Crippen molar-refractivity contribution >= 4 is 34.8 Å². The summed E-state index contributed by atoms with van der Waals surface area (Å²) in [7, 11) is 0. The monoisotopic (exact) mass is 464 g/mol. The van der Waals surface area contributed by atoms with Gasteiger partial charge in [0.2, 0.25) is 5.95 Å². The fourth-order valence-electron chi connectivity index (χ4n) is 4.38. The van der Waals surface area contributed by atoms with Crippen molar-refractivity contribution in [1.29, 1.82) is 0 Å². The number of nitrogens with zero attached hydrogens (tertiary/aromatic N) is 3. The molecule has 4 aromatic rings. The minimum absolute atomic E-state index is 0.345. The van der Waals surface area contributed by atoms with Gasteiger partial charge in [-0.05, 0) is 30.3 Å². The lowest BCUT2D eigenvalue weighted by Crippen LogP contribution is -2.33. The first-order valence-electron chi connectivity index (χ1n) is 9.98. The molecule has 0 fully saturated rings. The van der Waals surface area contributed by atoms with E-state index in [-0.39, 0.29) is 5.82 Å². The Balaban J connectivity index is 1.68. The van der Waals surface area contributed by atoms with Gasteiger partial charge in [-0.25, -0.2) is 9.07 Å². The first-order valence-corrected chi connectivity index (χ1v) is 10.7. The van der Waals surface area contributed by atoms with Crippen LogP contribution in [0.25, 0.3) is 5.70 Å². The maximum atomic E-state index is 15.1. The van der Waals surface area contributed by atoms with Crippen molar-refractivity contribution in [2.24, 2.45) is 0 Å². The maximum Gasteiger partial charge on any atom is 0.226 e. The molecule has 0 bridgehead atoms. The Bertz CT molecular complexity index is 1400. The van der Waals surface area contributed by atoms with Crippen LogP contribution in [-0.2, 0) is 0 Å². The number of benzene rings is 3. The molecule has 3 heterocycles. The van der Waals surface area contributed by atoms with Gasteiger partial charge in [0.05, 0.1) is 5.70 Å². The molecule has 158 valence electrons. The van der Waals surface area contributed by atoms with Crippen molar-refractivity contribution in [3.8, 4) is 5.75 Å². The summed E-state index contributed by atoms with van der Waals surface area (Å²) in [5.74, 6) is 0.802. The molecule has 1 aromatic heterocycles. The Morgan fingerprint density at radius 2 is 1.75 bits per heavy atom. The molecule has 0 aliphatic carbocycles. The van der Waals surface area contributed by atoms with Gasteiger partial charge in [0.25, 0.3) is 0 Å². The number of aromatic nitrogens is 3. The van der Waals surface area contributed by atoms with E-state index in [4.69, 9.17) is 27.9 Å². The zero-order valence-electron chi connectivity index (χ0n) is 16.5. The second-order valence-corrected chi connectivity index (χ2v) is 8.41. The molecule has 3 aromatic carbocycles. The average Bonchev–Trinajstić information content (AvgIpc) is 3.27. The van der Waals surface area contributed by atoms with Gasteiger partial charge in [0.1, 0.15) is 23.9 Å². The highest BCUT2D eigenvalue weighted by atomic mass is 35.5. The van der Waals surface area contributed by atoms with E-state index in [9.17, 15) is 0 Å². The predicted molar refractivity (Wildman–Crippen MR) is 121 cm³/mol. The molecule has 6 rings (SSSR count). The van der Waals surface area contributed by atoms with Crippen LogP contribution in [0.2, 0.25) is 10.0 Å². The highest BCUT2D eigenvalue weighted by Crippen LogP contribution is 2.52. The van der Waals surface area contributed by atoms with Crippen molar-refractivity contribution in [1.82, 2.24) is 14.8 Å². The van der Waals surface area contributed by atoms with E-state index in [0.717, 1.165) is 22.4 Å². The van der Waals surface area contributed by atoms with Gasteiger partial charge in [-0.3, -0.25) is 0 Å². The van der Waals surface area contributed by atoms with Crippen molar-refractivity contribution in [3.63, 3.8) is 0 Å². The summed E-state index contributed by atoms with van der Waals surface area (Å²) < 4.78 is 23.3. The summed E-state index contributed by atoms with van der Waals surface area (Å²) in [6, 6.07) is 19.0. The molecule has 5 nitrogen and oxygen atoms in total. The van der Waals surface area contributed by atoms with Gasteiger partial charge < -0.3 is 10.1 Å². The third-order valence-electron chi connectivity index (χ3n) is 5.76. The largest absolute Gasteiger partial charge is 0.480 e. The number of ether oxygens (including phenoxy) is 1. The minimum Gasteiger partial charge on any atom is -0.480 e. The fraction of sp³-hybridized carbons (Fsp3) is 0.0833. The molecule has 0 saturated heterocycles. The van der Waals surface area contributed by atoms with Gasteiger partial charge in [-0.1, -0.05) is 59.6 Å². The minimum atomic E-state index is -0.599. The quantitative estimate of drug-likeness (QED) is 0.379. The standard InChI is InChI=1S/C24H15Cl2FN4O/c25-13-9-10-19-16(11-13)21-20(23(32-19)14-5-1-3-7-17(14)26)22(15-6-2-4-8-18(15)27)31-24(30-21)28-12-29-31/h1-12,22-23H,(H,28,29,30)/t22-,23+/m1/s1. The van der Waals surface area contributed by atoms with E-state index in [2.05, 4.69) is 15.4 Å². The number of fused-ring (bicyclic) bond motifs is 3. The lowest BCUT2D eigenvalue weighted by Gasteiger charge is -2.39. The van der Waals surface area contributed by atoms with Gasteiger partial charge >= 0.3 is 0 Å². The summed E-state index contributed by atoms with van der Waals surface area (Å²) in [5, 5.41) is 8.88. The first kappa shape index (κ1) is 19.3. The fourth-order valence-corrected chi connectivity index (χ4v) is 4.79. The Morgan fingerprint density at radius 1 is 0.969 bits per heavy atom. The summed E-state index contributed by atoms with van der Waals surface area (Å²) in [6.07, 6.45) is 0.862. The van der Waals surface area contributed by atoms with Crippen LogP contribution in [-0.4, -0.2) is 14.8 Å². The summed E-state index contributed by atoms with van der Waals surface area (Å²) in [5.41, 5.74) is 3.53. The van der Waals surface area contributed by atoms with Crippen molar-refractivity contribution < 1.29 is 9.13 Å². The Labute approximate surface area is 193 Å². The second kappa shape index (κ2) is 7.36. The molecule has 32 heavy (non-hydrogen) atoms. The Hall–Kier alpha value is -3.35.